The monoisotopic (exact) mass is 237 g/mol. The molecule has 0 aromatic carbocycles. The van der Waals surface area contributed by atoms with Crippen molar-refractivity contribution in [3.05, 3.63) is 15.5 Å². The third-order valence-corrected chi connectivity index (χ3v) is 2.72. The molecule has 5 heteroatoms. The van der Waals surface area contributed by atoms with Crippen molar-refractivity contribution in [3.63, 3.8) is 0 Å². The zero-order valence-corrected chi connectivity index (χ0v) is 9.58. The van der Waals surface area contributed by atoms with Crippen LogP contribution in [0.5, 0.6) is 0 Å². The van der Waals surface area contributed by atoms with Crippen LogP contribution in [0.2, 0.25) is 4.47 Å². The Morgan fingerprint density at radius 1 is 1.71 bits per heavy atom. The van der Waals surface area contributed by atoms with Crippen molar-refractivity contribution in [2.75, 3.05) is 13.2 Å². The van der Waals surface area contributed by atoms with Crippen molar-refractivity contribution in [3.8, 4) is 0 Å². The van der Waals surface area contributed by atoms with Gasteiger partial charge < -0.3 is 4.74 Å². The van der Waals surface area contributed by atoms with E-state index < -0.39 is 6.17 Å². The van der Waals surface area contributed by atoms with Crippen LogP contribution >= 0.6 is 22.9 Å². The van der Waals surface area contributed by atoms with Crippen molar-refractivity contribution in [1.82, 2.24) is 4.98 Å². The van der Waals surface area contributed by atoms with Crippen LogP contribution in [0.3, 0.4) is 0 Å². The summed E-state index contributed by atoms with van der Waals surface area (Å²) in [6.07, 6.45) is 0.861. The van der Waals surface area contributed by atoms with Crippen LogP contribution in [0.4, 0.5) is 4.39 Å². The molecule has 1 atom stereocenters. The third-order valence-electron chi connectivity index (χ3n) is 1.72. The summed E-state index contributed by atoms with van der Waals surface area (Å²) >= 11 is 6.82. The number of hydrogen-bond acceptors (Lipinski definition) is 3. The quantitative estimate of drug-likeness (QED) is 0.705. The lowest BCUT2D eigenvalue weighted by Crippen LogP contribution is -2.04. The molecule has 0 aliphatic heterocycles. The molecular formula is C9H13ClFNOS. The van der Waals surface area contributed by atoms with E-state index in [1.165, 1.54) is 11.3 Å². The number of thiazole rings is 1. The molecule has 1 unspecified atom stereocenters. The summed E-state index contributed by atoms with van der Waals surface area (Å²) in [5.41, 5.74) is 0.372. The highest BCUT2D eigenvalue weighted by atomic mass is 35.5. The van der Waals surface area contributed by atoms with Crippen molar-refractivity contribution >= 4 is 22.9 Å². The normalized spacial score (nSPS) is 13.1. The summed E-state index contributed by atoms with van der Waals surface area (Å²) in [6, 6.07) is 0. The van der Waals surface area contributed by atoms with E-state index in [-0.39, 0.29) is 6.61 Å². The van der Waals surface area contributed by atoms with Crippen LogP contribution in [0.1, 0.15) is 31.6 Å². The zero-order valence-electron chi connectivity index (χ0n) is 8.00. The average Bonchev–Trinajstić information content (AvgIpc) is 2.59. The van der Waals surface area contributed by atoms with Gasteiger partial charge in [-0.2, -0.15) is 0 Å². The second-order valence-electron chi connectivity index (χ2n) is 2.92. The fraction of sp³-hybridized carbons (Fsp3) is 0.667. The van der Waals surface area contributed by atoms with Gasteiger partial charge in [0, 0.05) is 12.0 Å². The van der Waals surface area contributed by atoms with Gasteiger partial charge >= 0.3 is 0 Å². The molecule has 14 heavy (non-hydrogen) atoms. The lowest BCUT2D eigenvalue weighted by molar-refractivity contribution is 0.0773. The molecule has 0 saturated carbocycles. The van der Waals surface area contributed by atoms with Gasteiger partial charge in [0.15, 0.2) is 10.6 Å². The Labute approximate surface area is 92.1 Å². The fourth-order valence-corrected chi connectivity index (χ4v) is 1.73. The molecule has 1 heterocycles. The summed E-state index contributed by atoms with van der Waals surface area (Å²) in [5.74, 6) is 0. The molecule has 0 aliphatic rings. The molecule has 2 nitrogen and oxygen atoms in total. The van der Waals surface area contributed by atoms with Crippen LogP contribution in [-0.4, -0.2) is 18.2 Å². The van der Waals surface area contributed by atoms with Crippen molar-refractivity contribution in [1.29, 1.82) is 0 Å². The van der Waals surface area contributed by atoms with Gasteiger partial charge in [-0.15, -0.1) is 11.3 Å². The Kier molecular flexibility index (Phi) is 5.37. The maximum atomic E-state index is 13.3. The van der Waals surface area contributed by atoms with Gasteiger partial charge in [0.1, 0.15) is 0 Å². The number of nitrogens with zero attached hydrogens (tertiary/aromatic N) is 1. The predicted octanol–water partition coefficient (Wildman–Crippen LogP) is 3.62. The first-order valence-electron chi connectivity index (χ1n) is 4.56. The fourth-order valence-electron chi connectivity index (χ4n) is 0.926. The smallest absolute Gasteiger partial charge is 0.183 e. The molecule has 0 spiro atoms. The molecule has 1 rings (SSSR count). The number of hydrogen-bond donors (Lipinski definition) is 0. The predicted molar refractivity (Wildman–Crippen MR) is 56.7 cm³/mol. The van der Waals surface area contributed by atoms with E-state index in [2.05, 4.69) is 11.9 Å². The van der Waals surface area contributed by atoms with Gasteiger partial charge in [-0.3, -0.25) is 0 Å². The SMILES string of the molecule is CCCCOCC(F)c1csc(Cl)n1. The molecule has 80 valence electrons. The second-order valence-corrected chi connectivity index (χ2v) is 4.36. The zero-order chi connectivity index (χ0) is 10.4. The maximum absolute atomic E-state index is 13.3. The molecule has 0 fully saturated rings. The van der Waals surface area contributed by atoms with Gasteiger partial charge in [0.25, 0.3) is 0 Å². The second kappa shape index (κ2) is 6.32. The van der Waals surface area contributed by atoms with Crippen molar-refractivity contribution in [2.24, 2.45) is 0 Å². The summed E-state index contributed by atoms with van der Waals surface area (Å²) in [7, 11) is 0. The first-order valence-corrected chi connectivity index (χ1v) is 5.82. The number of rotatable bonds is 6. The van der Waals surface area contributed by atoms with Crippen LogP contribution in [0, 0.1) is 0 Å². The van der Waals surface area contributed by atoms with E-state index in [0.29, 0.717) is 16.8 Å². The summed E-state index contributed by atoms with van der Waals surface area (Å²) < 4.78 is 18.9. The number of aromatic nitrogens is 1. The Morgan fingerprint density at radius 3 is 3.07 bits per heavy atom. The lowest BCUT2D eigenvalue weighted by atomic mass is 10.3. The molecule has 0 bridgehead atoms. The van der Waals surface area contributed by atoms with E-state index in [1.54, 1.807) is 5.38 Å². The van der Waals surface area contributed by atoms with Crippen LogP contribution in [0.15, 0.2) is 5.38 Å². The van der Waals surface area contributed by atoms with E-state index in [9.17, 15) is 4.39 Å². The van der Waals surface area contributed by atoms with E-state index >= 15 is 0 Å². The van der Waals surface area contributed by atoms with Gasteiger partial charge in [-0.25, -0.2) is 9.37 Å². The highest BCUT2D eigenvalue weighted by Gasteiger charge is 2.13. The molecule has 0 N–H and O–H groups in total. The van der Waals surface area contributed by atoms with E-state index in [1.807, 2.05) is 0 Å². The first kappa shape index (κ1) is 11.9. The van der Waals surface area contributed by atoms with Gasteiger partial charge in [0.2, 0.25) is 0 Å². The summed E-state index contributed by atoms with van der Waals surface area (Å²) in [4.78, 5) is 3.84. The molecule has 1 aromatic rings. The van der Waals surface area contributed by atoms with Crippen molar-refractivity contribution < 1.29 is 9.13 Å². The lowest BCUT2D eigenvalue weighted by Gasteiger charge is -2.05. The topological polar surface area (TPSA) is 22.1 Å². The van der Waals surface area contributed by atoms with Crippen LogP contribution in [0.25, 0.3) is 0 Å². The summed E-state index contributed by atoms with van der Waals surface area (Å²) in [5, 5.41) is 1.62. The number of unbranched alkanes of at least 4 members (excludes halogenated alkanes) is 1. The third kappa shape index (κ3) is 3.90. The maximum Gasteiger partial charge on any atom is 0.183 e. The van der Waals surface area contributed by atoms with Crippen molar-refractivity contribution in [2.45, 2.75) is 25.9 Å². The average molecular weight is 238 g/mol. The van der Waals surface area contributed by atoms with Crippen LogP contribution < -0.4 is 0 Å². The Morgan fingerprint density at radius 2 is 2.50 bits per heavy atom. The Bertz CT molecular complexity index is 269. The number of halogens is 2. The molecule has 0 aliphatic carbocycles. The highest BCUT2D eigenvalue weighted by molar-refractivity contribution is 7.13. The Balaban J connectivity index is 2.25. The minimum absolute atomic E-state index is 0.0695. The molecule has 1 aromatic heterocycles. The van der Waals surface area contributed by atoms with Gasteiger partial charge in [-0.1, -0.05) is 24.9 Å². The van der Waals surface area contributed by atoms with E-state index in [4.69, 9.17) is 16.3 Å². The molecular weight excluding hydrogens is 225 g/mol. The molecule has 0 saturated heterocycles. The molecule has 0 radical (unpaired) electrons. The minimum atomic E-state index is -1.16. The first-order chi connectivity index (χ1) is 6.74. The Hall–Kier alpha value is -0.190. The van der Waals surface area contributed by atoms with E-state index in [0.717, 1.165) is 12.8 Å². The van der Waals surface area contributed by atoms with Crippen LogP contribution in [-0.2, 0) is 4.74 Å². The number of alkyl halides is 1. The minimum Gasteiger partial charge on any atom is -0.378 e. The highest BCUT2D eigenvalue weighted by Crippen LogP contribution is 2.23. The number of ether oxygens (including phenoxy) is 1. The summed E-state index contributed by atoms with van der Waals surface area (Å²) in [6.45, 7) is 2.74. The largest absolute Gasteiger partial charge is 0.378 e. The van der Waals surface area contributed by atoms with Gasteiger partial charge in [0.05, 0.1) is 12.3 Å². The molecule has 0 amide bonds. The standard InChI is InChI=1S/C9H13ClFNOS/c1-2-3-4-13-5-7(11)8-6-14-9(10)12-8/h6-7H,2-5H2,1H3. The van der Waals surface area contributed by atoms with Gasteiger partial charge in [-0.05, 0) is 6.42 Å².